The van der Waals surface area contributed by atoms with Gasteiger partial charge >= 0.3 is 6.11 Å². The molecular weight excluding hydrogens is 150 g/mol. The second-order valence-electron chi connectivity index (χ2n) is 2.82. The van der Waals surface area contributed by atoms with Crippen molar-refractivity contribution in [1.29, 1.82) is 0 Å². The first-order valence-electron chi connectivity index (χ1n) is 4.03. The van der Waals surface area contributed by atoms with Gasteiger partial charge in [-0.2, -0.15) is 8.78 Å². The molecular formula is C8H16F2O. The molecule has 0 aromatic rings. The largest absolute Gasteiger partial charge is 0.355 e. The maximum Gasteiger partial charge on any atom is 0.355 e. The van der Waals surface area contributed by atoms with Gasteiger partial charge in [0, 0.05) is 6.42 Å². The quantitative estimate of drug-likeness (QED) is 0.610. The maximum absolute atomic E-state index is 12.4. The van der Waals surface area contributed by atoms with E-state index in [4.69, 9.17) is 0 Å². The van der Waals surface area contributed by atoms with Crippen LogP contribution >= 0.6 is 0 Å². The van der Waals surface area contributed by atoms with Crippen LogP contribution in [0.4, 0.5) is 8.78 Å². The van der Waals surface area contributed by atoms with Crippen LogP contribution in [0, 0.1) is 5.92 Å². The lowest BCUT2D eigenvalue weighted by Crippen LogP contribution is -2.22. The van der Waals surface area contributed by atoms with Crippen LogP contribution in [0.5, 0.6) is 0 Å². The number of hydrogen-bond acceptors (Lipinski definition) is 1. The lowest BCUT2D eigenvalue weighted by Gasteiger charge is -2.17. The van der Waals surface area contributed by atoms with Crippen molar-refractivity contribution in [2.45, 2.75) is 39.7 Å². The predicted octanol–water partition coefficient (Wildman–Crippen LogP) is 3.05. The van der Waals surface area contributed by atoms with Crippen LogP contribution in [-0.4, -0.2) is 12.7 Å². The molecule has 0 aliphatic heterocycles. The first-order chi connectivity index (χ1) is 5.02. The maximum atomic E-state index is 12.4. The van der Waals surface area contributed by atoms with Crippen molar-refractivity contribution >= 4 is 0 Å². The Morgan fingerprint density at radius 3 is 2.27 bits per heavy atom. The molecule has 0 radical (unpaired) electrons. The average Bonchev–Trinajstić information content (AvgIpc) is 2.00. The molecule has 1 atom stereocenters. The van der Waals surface area contributed by atoms with Crippen LogP contribution in [-0.2, 0) is 4.74 Å². The third-order valence-electron chi connectivity index (χ3n) is 1.69. The van der Waals surface area contributed by atoms with E-state index < -0.39 is 6.11 Å². The minimum atomic E-state index is -2.93. The van der Waals surface area contributed by atoms with Crippen LogP contribution in [0.25, 0.3) is 0 Å². The molecule has 0 N–H and O–H groups in total. The van der Waals surface area contributed by atoms with E-state index in [9.17, 15) is 8.78 Å². The first-order valence-corrected chi connectivity index (χ1v) is 4.03. The SMILES string of the molecule is CCC(C)COC(F)(F)CC. The molecule has 0 saturated carbocycles. The molecule has 0 fully saturated rings. The fraction of sp³-hybridized carbons (Fsp3) is 1.00. The molecule has 1 unspecified atom stereocenters. The minimum Gasteiger partial charge on any atom is -0.320 e. The lowest BCUT2D eigenvalue weighted by atomic mass is 10.1. The Labute approximate surface area is 66.7 Å². The minimum absolute atomic E-state index is 0.150. The zero-order valence-electron chi connectivity index (χ0n) is 7.36. The molecule has 0 saturated heterocycles. The van der Waals surface area contributed by atoms with Crippen molar-refractivity contribution in [1.82, 2.24) is 0 Å². The van der Waals surface area contributed by atoms with Gasteiger partial charge in [-0.05, 0) is 5.92 Å². The third-order valence-corrected chi connectivity index (χ3v) is 1.69. The summed E-state index contributed by atoms with van der Waals surface area (Å²) in [6.45, 7) is 5.41. The molecule has 11 heavy (non-hydrogen) atoms. The smallest absolute Gasteiger partial charge is 0.320 e. The van der Waals surface area contributed by atoms with E-state index in [1.165, 1.54) is 6.92 Å². The topological polar surface area (TPSA) is 9.23 Å². The molecule has 0 aromatic heterocycles. The Morgan fingerprint density at radius 1 is 1.36 bits per heavy atom. The van der Waals surface area contributed by atoms with E-state index in [1.807, 2.05) is 13.8 Å². The fourth-order valence-corrected chi connectivity index (χ4v) is 0.484. The highest BCUT2D eigenvalue weighted by Gasteiger charge is 2.27. The molecule has 1 nitrogen and oxygen atoms in total. The van der Waals surface area contributed by atoms with E-state index in [1.54, 1.807) is 0 Å². The third kappa shape index (κ3) is 5.13. The van der Waals surface area contributed by atoms with Gasteiger partial charge in [-0.25, -0.2) is 0 Å². The second kappa shape index (κ2) is 4.65. The Bertz CT molecular complexity index is 104. The number of alkyl halides is 2. The van der Waals surface area contributed by atoms with Gasteiger partial charge in [0.15, 0.2) is 0 Å². The van der Waals surface area contributed by atoms with Gasteiger partial charge in [-0.1, -0.05) is 27.2 Å². The van der Waals surface area contributed by atoms with Crippen LogP contribution in [0.3, 0.4) is 0 Å². The van der Waals surface area contributed by atoms with Crippen molar-refractivity contribution in [3.63, 3.8) is 0 Å². The van der Waals surface area contributed by atoms with Gasteiger partial charge in [0.05, 0.1) is 6.61 Å². The Balaban J connectivity index is 3.52. The number of hydrogen-bond donors (Lipinski definition) is 0. The molecule has 68 valence electrons. The highest BCUT2D eigenvalue weighted by Crippen LogP contribution is 2.20. The number of rotatable bonds is 5. The van der Waals surface area contributed by atoms with Crippen molar-refractivity contribution in [3.8, 4) is 0 Å². The summed E-state index contributed by atoms with van der Waals surface area (Å²) >= 11 is 0. The van der Waals surface area contributed by atoms with Crippen molar-refractivity contribution in [2.24, 2.45) is 5.92 Å². The van der Waals surface area contributed by atoms with Crippen LogP contribution < -0.4 is 0 Å². The van der Waals surface area contributed by atoms with Crippen molar-refractivity contribution < 1.29 is 13.5 Å². The Morgan fingerprint density at radius 2 is 1.91 bits per heavy atom. The van der Waals surface area contributed by atoms with E-state index >= 15 is 0 Å². The summed E-state index contributed by atoms with van der Waals surface area (Å²) in [6.07, 6.45) is -2.30. The molecule has 0 spiro atoms. The summed E-state index contributed by atoms with van der Waals surface area (Å²) < 4.78 is 29.3. The van der Waals surface area contributed by atoms with E-state index in [2.05, 4.69) is 4.74 Å². The molecule has 0 aliphatic carbocycles. The van der Waals surface area contributed by atoms with Gasteiger partial charge in [0.25, 0.3) is 0 Å². The summed E-state index contributed by atoms with van der Waals surface area (Å²) in [5, 5.41) is 0. The zero-order valence-corrected chi connectivity index (χ0v) is 7.36. The van der Waals surface area contributed by atoms with Gasteiger partial charge in [-0.3, -0.25) is 0 Å². The fourth-order valence-electron chi connectivity index (χ4n) is 0.484. The second-order valence-corrected chi connectivity index (χ2v) is 2.82. The van der Waals surface area contributed by atoms with Gasteiger partial charge in [0.1, 0.15) is 0 Å². The summed E-state index contributed by atoms with van der Waals surface area (Å²) in [5.41, 5.74) is 0. The molecule has 0 rings (SSSR count). The molecule has 3 heteroatoms. The molecule has 0 aromatic carbocycles. The molecule has 0 heterocycles. The molecule has 0 bridgehead atoms. The number of halogens is 2. The Hall–Kier alpha value is -0.180. The standard InChI is InChI=1S/C8H16F2O/c1-4-7(3)6-11-8(9,10)5-2/h7H,4-6H2,1-3H3. The van der Waals surface area contributed by atoms with E-state index in [-0.39, 0.29) is 18.9 Å². The van der Waals surface area contributed by atoms with Gasteiger partial charge in [0.2, 0.25) is 0 Å². The first kappa shape index (κ1) is 10.8. The monoisotopic (exact) mass is 166 g/mol. The lowest BCUT2D eigenvalue weighted by molar-refractivity contribution is -0.244. The molecule has 0 amide bonds. The van der Waals surface area contributed by atoms with E-state index in [0.717, 1.165) is 6.42 Å². The van der Waals surface area contributed by atoms with Crippen LogP contribution in [0.15, 0.2) is 0 Å². The van der Waals surface area contributed by atoms with Crippen molar-refractivity contribution in [3.05, 3.63) is 0 Å². The van der Waals surface area contributed by atoms with E-state index in [0.29, 0.717) is 0 Å². The summed E-state index contributed by atoms with van der Waals surface area (Å²) in [4.78, 5) is 0. The van der Waals surface area contributed by atoms with Gasteiger partial charge < -0.3 is 4.74 Å². The summed E-state index contributed by atoms with van der Waals surface area (Å²) in [5.74, 6) is 0.215. The van der Waals surface area contributed by atoms with Crippen LogP contribution in [0.2, 0.25) is 0 Å². The Kier molecular flexibility index (Phi) is 4.57. The molecule has 0 aliphatic rings. The number of ether oxygens (including phenoxy) is 1. The highest BCUT2D eigenvalue weighted by atomic mass is 19.3. The average molecular weight is 166 g/mol. The van der Waals surface area contributed by atoms with Crippen molar-refractivity contribution in [2.75, 3.05) is 6.61 Å². The van der Waals surface area contributed by atoms with Crippen LogP contribution in [0.1, 0.15) is 33.6 Å². The highest BCUT2D eigenvalue weighted by molar-refractivity contribution is 4.51. The normalized spacial score (nSPS) is 15.0. The summed E-state index contributed by atoms with van der Waals surface area (Å²) in [7, 11) is 0. The van der Waals surface area contributed by atoms with Gasteiger partial charge in [-0.15, -0.1) is 0 Å². The summed E-state index contributed by atoms with van der Waals surface area (Å²) in [6, 6.07) is 0. The predicted molar refractivity (Wildman–Crippen MR) is 40.6 cm³/mol. The zero-order chi connectivity index (χ0) is 8.91.